The van der Waals surface area contributed by atoms with Gasteiger partial charge < -0.3 is 18.2 Å². The number of furan rings is 1. The van der Waals surface area contributed by atoms with Crippen molar-refractivity contribution >= 4 is 89.2 Å². The molecule has 0 spiro atoms. The van der Waals surface area contributed by atoms with E-state index >= 15 is 0 Å². The first-order valence-electron chi connectivity index (χ1n) is 19.9. The van der Waals surface area contributed by atoms with Crippen LogP contribution >= 0.6 is 0 Å². The summed E-state index contributed by atoms with van der Waals surface area (Å²) in [5, 5.41) is 4.25. The zero-order valence-corrected chi connectivity index (χ0v) is 32.4. The fourth-order valence-electron chi connectivity index (χ4n) is 8.11. The maximum Gasteiger partial charge on any atom is 0.227 e. The number of hydrogen-bond donors (Lipinski definition) is 0. The molecule has 12 rings (SSSR count). The maximum atomic E-state index is 6.67. The van der Waals surface area contributed by atoms with E-state index in [9.17, 15) is 0 Å². The lowest BCUT2D eigenvalue weighted by atomic mass is 10.0. The van der Waals surface area contributed by atoms with Gasteiger partial charge in [0.05, 0.1) is 5.69 Å². The lowest BCUT2D eigenvalue weighted by molar-refractivity contribution is 0.619. The molecule has 0 radical (unpaired) electrons. The molecule has 0 amide bonds. The third-order valence-electron chi connectivity index (χ3n) is 11.0. The molecule has 7 aromatic carbocycles. The van der Waals surface area contributed by atoms with Crippen molar-refractivity contribution in [1.29, 1.82) is 0 Å². The Morgan fingerprint density at radius 2 is 0.934 bits per heavy atom. The van der Waals surface area contributed by atoms with Crippen molar-refractivity contribution in [1.82, 2.24) is 19.9 Å². The summed E-state index contributed by atoms with van der Waals surface area (Å²) in [4.78, 5) is 22.8. The largest absolute Gasteiger partial charge is 0.456 e. The molecule has 0 N–H and O–H groups in total. The average Bonchev–Trinajstić information content (AvgIpc) is 4.05. The van der Waals surface area contributed by atoms with Gasteiger partial charge in [-0.3, -0.25) is 9.88 Å². The van der Waals surface area contributed by atoms with E-state index in [0.717, 1.165) is 100 Å². The molecule has 0 saturated carbocycles. The van der Waals surface area contributed by atoms with Crippen molar-refractivity contribution in [2.75, 3.05) is 9.80 Å². The van der Waals surface area contributed by atoms with E-state index in [2.05, 4.69) is 87.6 Å². The highest BCUT2D eigenvalue weighted by Crippen LogP contribution is 2.41. The minimum Gasteiger partial charge on any atom is -0.456 e. The van der Waals surface area contributed by atoms with Crippen LogP contribution < -0.4 is 9.80 Å². The van der Waals surface area contributed by atoms with Gasteiger partial charge in [-0.1, -0.05) is 36.4 Å². The summed E-state index contributed by atoms with van der Waals surface area (Å²) >= 11 is 0. The number of oxazole rings is 2. The second-order valence-electron chi connectivity index (χ2n) is 14.8. The van der Waals surface area contributed by atoms with Crippen molar-refractivity contribution in [2.24, 2.45) is 0 Å². The molecule has 0 aliphatic heterocycles. The zero-order valence-electron chi connectivity index (χ0n) is 32.4. The number of rotatable bonds is 8. The number of nitrogens with zero attached hydrogens (tertiary/aromatic N) is 6. The van der Waals surface area contributed by atoms with E-state index in [4.69, 9.17) is 28.2 Å². The molecule has 5 heterocycles. The molecule has 0 saturated heterocycles. The molecular weight excluding hydrogens is 757 g/mol. The molecule has 9 heteroatoms. The number of aromatic nitrogens is 4. The van der Waals surface area contributed by atoms with Crippen LogP contribution in [0, 0.1) is 0 Å². The Kier molecular flexibility index (Phi) is 7.95. The van der Waals surface area contributed by atoms with Crippen LogP contribution in [0.1, 0.15) is 0 Å². The van der Waals surface area contributed by atoms with E-state index in [-0.39, 0.29) is 0 Å². The molecule has 9 nitrogen and oxygen atoms in total. The van der Waals surface area contributed by atoms with Gasteiger partial charge in [0.2, 0.25) is 11.8 Å². The second-order valence-corrected chi connectivity index (χ2v) is 14.8. The summed E-state index contributed by atoms with van der Waals surface area (Å²) in [6.45, 7) is 0. The summed E-state index contributed by atoms with van der Waals surface area (Å²) in [6.07, 6.45) is 5.43. The summed E-state index contributed by atoms with van der Waals surface area (Å²) in [6, 6.07) is 59.2. The van der Waals surface area contributed by atoms with Crippen molar-refractivity contribution < 1.29 is 13.3 Å². The molecule has 0 bridgehead atoms. The first-order chi connectivity index (χ1) is 30.2. The van der Waals surface area contributed by atoms with E-state index in [1.807, 2.05) is 116 Å². The first-order valence-corrected chi connectivity index (χ1v) is 19.9. The van der Waals surface area contributed by atoms with Crippen LogP contribution in [0.15, 0.2) is 208 Å². The van der Waals surface area contributed by atoms with E-state index in [0.29, 0.717) is 11.8 Å². The topological polar surface area (TPSA) is 97.5 Å². The molecule has 288 valence electrons. The Hall–Kier alpha value is -8.56. The van der Waals surface area contributed by atoms with E-state index in [1.165, 1.54) is 0 Å². The average molecular weight is 789 g/mol. The van der Waals surface area contributed by atoms with E-state index < -0.39 is 0 Å². The van der Waals surface area contributed by atoms with E-state index in [1.54, 1.807) is 6.20 Å². The molecule has 0 fully saturated rings. The summed E-state index contributed by atoms with van der Waals surface area (Å²) in [5.41, 5.74) is 11.4. The van der Waals surface area contributed by atoms with Gasteiger partial charge >= 0.3 is 0 Å². The molecule has 0 aliphatic rings. The van der Waals surface area contributed by atoms with Gasteiger partial charge in [0.25, 0.3) is 0 Å². The van der Waals surface area contributed by atoms with Gasteiger partial charge in [0.1, 0.15) is 28.0 Å². The highest BCUT2D eigenvalue weighted by atomic mass is 16.4. The molecule has 0 unspecified atom stereocenters. The Morgan fingerprint density at radius 3 is 1.59 bits per heavy atom. The fourth-order valence-corrected chi connectivity index (χ4v) is 8.11. The van der Waals surface area contributed by atoms with Crippen molar-refractivity contribution in [3.05, 3.63) is 195 Å². The van der Waals surface area contributed by atoms with Crippen LogP contribution in [-0.4, -0.2) is 19.9 Å². The number of fused-ring (bicyclic) bond motifs is 6. The van der Waals surface area contributed by atoms with Crippen LogP contribution in [-0.2, 0) is 0 Å². The molecular formula is C52H32N6O3. The second kappa shape index (κ2) is 14.1. The predicted octanol–water partition coefficient (Wildman–Crippen LogP) is 14.1. The van der Waals surface area contributed by atoms with Crippen molar-refractivity contribution in [3.8, 4) is 22.9 Å². The third-order valence-corrected chi connectivity index (χ3v) is 11.0. The predicted molar refractivity (Wildman–Crippen MR) is 242 cm³/mol. The highest BCUT2D eigenvalue weighted by Gasteiger charge is 2.19. The van der Waals surface area contributed by atoms with Gasteiger partial charge in [-0.05, 0) is 144 Å². The van der Waals surface area contributed by atoms with Crippen LogP contribution in [0.5, 0.6) is 0 Å². The van der Waals surface area contributed by atoms with Crippen LogP contribution in [0.3, 0.4) is 0 Å². The Morgan fingerprint density at radius 1 is 0.361 bits per heavy atom. The Balaban J connectivity index is 0.903. The lowest BCUT2D eigenvalue weighted by Crippen LogP contribution is -2.11. The monoisotopic (exact) mass is 788 g/mol. The summed E-state index contributed by atoms with van der Waals surface area (Å²) in [5.74, 6) is 1.95. The SMILES string of the molecule is c1ccc(N(c2ccc(-c3nc4ccccc4o3)cc2)c2ccc3c(c2)oc2cc4cc(N(c5ccncc5)c5ccc(-c6nc7ccccc7o6)cc5)ccc4cc23)nc1. The number of pyridine rings is 2. The van der Waals surface area contributed by atoms with Crippen LogP contribution in [0.25, 0.3) is 77.8 Å². The third kappa shape index (κ3) is 6.11. The lowest BCUT2D eigenvalue weighted by Gasteiger charge is -2.25. The zero-order chi connectivity index (χ0) is 40.3. The molecule has 0 atom stereocenters. The van der Waals surface area contributed by atoms with Crippen molar-refractivity contribution in [3.63, 3.8) is 0 Å². The fraction of sp³-hybridized carbons (Fsp3) is 0. The smallest absolute Gasteiger partial charge is 0.227 e. The molecule has 0 aliphatic carbocycles. The van der Waals surface area contributed by atoms with Crippen LogP contribution in [0.2, 0.25) is 0 Å². The number of benzene rings is 7. The number of anilines is 6. The van der Waals surface area contributed by atoms with Gasteiger partial charge in [-0.25, -0.2) is 15.0 Å². The highest BCUT2D eigenvalue weighted by molar-refractivity contribution is 6.11. The minimum absolute atomic E-state index is 0.580. The molecule has 12 aromatic rings. The molecule has 61 heavy (non-hydrogen) atoms. The first kappa shape index (κ1) is 34.5. The normalized spacial score (nSPS) is 11.6. The summed E-state index contributed by atoms with van der Waals surface area (Å²) in [7, 11) is 0. The number of hydrogen-bond acceptors (Lipinski definition) is 9. The van der Waals surface area contributed by atoms with Crippen LogP contribution in [0.4, 0.5) is 34.3 Å². The quantitative estimate of drug-likeness (QED) is 0.149. The Labute approximate surface area is 348 Å². The Bertz CT molecular complexity index is 3310. The van der Waals surface area contributed by atoms with Crippen molar-refractivity contribution in [2.45, 2.75) is 0 Å². The number of para-hydroxylation sites is 4. The van der Waals surface area contributed by atoms with Gasteiger partial charge in [-0.15, -0.1) is 0 Å². The molecule has 5 aromatic heterocycles. The minimum atomic E-state index is 0.580. The standard InChI is InChI=1S/C52H32N6O3/c1-3-9-46-44(7-1)55-51(60-46)33-12-17-37(18-13-33)57(39-24-27-53-28-25-39)40-21-16-35-30-43-42-23-22-41(32-49(42)59-48(43)31-36(35)29-40)58(50-11-5-6-26-54-50)38-19-14-34(15-20-38)52-56-45-8-2-4-10-47(45)61-52/h1-32H. The maximum absolute atomic E-state index is 6.67. The summed E-state index contributed by atoms with van der Waals surface area (Å²) < 4.78 is 18.8. The van der Waals surface area contributed by atoms with Gasteiger partial charge in [0, 0.05) is 69.3 Å². The van der Waals surface area contributed by atoms with Gasteiger partial charge in [-0.2, -0.15) is 0 Å². The van der Waals surface area contributed by atoms with Gasteiger partial charge in [0.15, 0.2) is 11.2 Å².